The Labute approximate surface area is 112 Å². The van der Waals surface area contributed by atoms with Crippen molar-refractivity contribution in [3.05, 3.63) is 47.7 Å². The van der Waals surface area contributed by atoms with Crippen LogP contribution in [0.3, 0.4) is 0 Å². The van der Waals surface area contributed by atoms with Gasteiger partial charge in [0.25, 0.3) is 5.91 Å². The minimum Gasteiger partial charge on any atom is -0.463 e. The highest BCUT2D eigenvalue weighted by atomic mass is 16.5. The number of hydrogen-bond donors (Lipinski definition) is 0. The molecular weight excluding hydrogens is 242 g/mol. The Balaban J connectivity index is 2.15. The second-order valence-electron chi connectivity index (χ2n) is 4.31. The predicted octanol–water partition coefficient (Wildman–Crippen LogP) is 2.37. The number of likely N-dealkylation sites (tertiary alicyclic amines) is 1. The van der Waals surface area contributed by atoms with E-state index in [4.69, 9.17) is 4.74 Å². The van der Waals surface area contributed by atoms with Crippen LogP contribution in [0.2, 0.25) is 0 Å². The summed E-state index contributed by atoms with van der Waals surface area (Å²) in [6.07, 6.45) is 3.04. The van der Waals surface area contributed by atoms with E-state index >= 15 is 0 Å². The Kier molecular flexibility index (Phi) is 4.34. The van der Waals surface area contributed by atoms with Gasteiger partial charge >= 0.3 is 5.97 Å². The Hall–Kier alpha value is -2.10. The van der Waals surface area contributed by atoms with Gasteiger partial charge in [-0.2, -0.15) is 0 Å². The Morgan fingerprint density at radius 3 is 2.74 bits per heavy atom. The van der Waals surface area contributed by atoms with Crippen molar-refractivity contribution < 1.29 is 14.3 Å². The summed E-state index contributed by atoms with van der Waals surface area (Å²) in [7, 11) is 0. The highest BCUT2D eigenvalue weighted by molar-refractivity contribution is 5.96. The molecule has 1 aliphatic rings. The molecule has 0 unspecified atom stereocenters. The molecule has 0 bridgehead atoms. The number of amides is 1. The summed E-state index contributed by atoms with van der Waals surface area (Å²) in [5.74, 6) is -0.445. The number of carbonyl (C=O) groups is 2. The Morgan fingerprint density at radius 1 is 1.32 bits per heavy atom. The molecule has 4 heteroatoms. The van der Waals surface area contributed by atoms with Crippen molar-refractivity contribution in [3.8, 4) is 0 Å². The highest BCUT2D eigenvalue weighted by Crippen LogP contribution is 2.23. The third-order valence-corrected chi connectivity index (χ3v) is 3.00. The van der Waals surface area contributed by atoms with E-state index in [9.17, 15) is 9.59 Å². The van der Waals surface area contributed by atoms with E-state index in [2.05, 4.69) is 0 Å². The number of ether oxygens (including phenoxy) is 1. The lowest BCUT2D eigenvalue weighted by Crippen LogP contribution is -2.27. The molecule has 4 nitrogen and oxygen atoms in total. The zero-order valence-corrected chi connectivity index (χ0v) is 11.0. The quantitative estimate of drug-likeness (QED) is 0.618. The molecular formula is C15H17NO3. The topological polar surface area (TPSA) is 46.6 Å². The van der Waals surface area contributed by atoms with E-state index in [1.165, 1.54) is 6.08 Å². The van der Waals surface area contributed by atoms with Gasteiger partial charge in [-0.1, -0.05) is 18.2 Å². The molecule has 0 saturated carbocycles. The fraction of sp³-hybridized carbons (Fsp3) is 0.333. The van der Waals surface area contributed by atoms with Crippen LogP contribution in [-0.2, 0) is 9.53 Å². The van der Waals surface area contributed by atoms with Gasteiger partial charge in [0.1, 0.15) is 0 Å². The summed E-state index contributed by atoms with van der Waals surface area (Å²) in [6.45, 7) is 2.76. The van der Waals surface area contributed by atoms with Crippen LogP contribution in [0, 0.1) is 0 Å². The maximum atomic E-state index is 12.3. The summed E-state index contributed by atoms with van der Waals surface area (Å²) in [5.41, 5.74) is 1.38. The van der Waals surface area contributed by atoms with Crippen molar-refractivity contribution in [3.63, 3.8) is 0 Å². The van der Waals surface area contributed by atoms with Gasteiger partial charge in [0.15, 0.2) is 0 Å². The monoisotopic (exact) mass is 259 g/mol. The highest BCUT2D eigenvalue weighted by Gasteiger charge is 2.25. The standard InChI is InChI=1S/C15H17NO3/c1-2-19-14(17)11-13-9-6-10-16(13)15(18)12-7-4-3-5-8-12/h3-5,7-8,11H,2,6,9-10H2,1H3/b13-11+. The van der Waals surface area contributed by atoms with Crippen LogP contribution in [0.4, 0.5) is 0 Å². The van der Waals surface area contributed by atoms with Crippen LogP contribution in [0.1, 0.15) is 30.1 Å². The van der Waals surface area contributed by atoms with Crippen LogP contribution in [-0.4, -0.2) is 29.9 Å². The Morgan fingerprint density at radius 2 is 2.05 bits per heavy atom. The molecule has 1 heterocycles. The van der Waals surface area contributed by atoms with Gasteiger partial charge in [-0.25, -0.2) is 4.79 Å². The Bertz CT molecular complexity index is 493. The summed E-state index contributed by atoms with van der Waals surface area (Å²) < 4.78 is 4.88. The number of nitrogens with zero attached hydrogens (tertiary/aromatic N) is 1. The number of carbonyl (C=O) groups excluding carboxylic acids is 2. The van der Waals surface area contributed by atoms with E-state index in [-0.39, 0.29) is 11.9 Å². The first-order valence-electron chi connectivity index (χ1n) is 6.46. The molecule has 1 aliphatic heterocycles. The molecule has 1 amide bonds. The maximum absolute atomic E-state index is 12.3. The molecule has 100 valence electrons. The first kappa shape index (κ1) is 13.3. The smallest absolute Gasteiger partial charge is 0.332 e. The first-order chi connectivity index (χ1) is 9.22. The summed E-state index contributed by atoms with van der Waals surface area (Å²) in [4.78, 5) is 25.5. The van der Waals surface area contributed by atoms with E-state index in [1.54, 1.807) is 24.0 Å². The molecule has 2 rings (SSSR count). The van der Waals surface area contributed by atoms with E-state index in [0.717, 1.165) is 18.5 Å². The molecule has 19 heavy (non-hydrogen) atoms. The molecule has 1 aromatic carbocycles. The SMILES string of the molecule is CCOC(=O)/C=C1\CCCN1C(=O)c1ccccc1. The van der Waals surface area contributed by atoms with Crippen LogP contribution in [0.5, 0.6) is 0 Å². The van der Waals surface area contributed by atoms with Gasteiger partial charge in [-0.3, -0.25) is 4.79 Å². The lowest BCUT2D eigenvalue weighted by atomic mass is 10.2. The van der Waals surface area contributed by atoms with Crippen molar-refractivity contribution in [1.82, 2.24) is 4.90 Å². The number of hydrogen-bond acceptors (Lipinski definition) is 3. The van der Waals surface area contributed by atoms with Crippen LogP contribution >= 0.6 is 0 Å². The number of esters is 1. The van der Waals surface area contributed by atoms with Crippen molar-refractivity contribution in [2.75, 3.05) is 13.2 Å². The van der Waals surface area contributed by atoms with E-state index in [0.29, 0.717) is 18.7 Å². The lowest BCUT2D eigenvalue weighted by Gasteiger charge is -2.17. The van der Waals surface area contributed by atoms with Crippen LogP contribution < -0.4 is 0 Å². The van der Waals surface area contributed by atoms with Gasteiger partial charge in [0.2, 0.25) is 0 Å². The van der Waals surface area contributed by atoms with Gasteiger partial charge in [0, 0.05) is 23.9 Å². The predicted molar refractivity (Wildman–Crippen MR) is 71.4 cm³/mol. The van der Waals surface area contributed by atoms with E-state index < -0.39 is 0 Å². The second-order valence-corrected chi connectivity index (χ2v) is 4.31. The second kappa shape index (κ2) is 6.18. The zero-order chi connectivity index (χ0) is 13.7. The third-order valence-electron chi connectivity index (χ3n) is 3.00. The number of rotatable bonds is 3. The van der Waals surface area contributed by atoms with Gasteiger partial charge in [0.05, 0.1) is 6.61 Å². The molecule has 1 saturated heterocycles. The zero-order valence-electron chi connectivity index (χ0n) is 11.0. The molecule has 0 aromatic heterocycles. The summed E-state index contributed by atoms with van der Waals surface area (Å²) in [5, 5.41) is 0. The lowest BCUT2D eigenvalue weighted by molar-refractivity contribution is -0.137. The largest absolute Gasteiger partial charge is 0.463 e. The van der Waals surface area contributed by atoms with Gasteiger partial charge < -0.3 is 9.64 Å². The van der Waals surface area contributed by atoms with Crippen molar-refractivity contribution >= 4 is 11.9 Å². The molecule has 1 aromatic rings. The van der Waals surface area contributed by atoms with Crippen molar-refractivity contribution in [1.29, 1.82) is 0 Å². The number of benzene rings is 1. The molecule has 0 atom stereocenters. The maximum Gasteiger partial charge on any atom is 0.332 e. The first-order valence-corrected chi connectivity index (χ1v) is 6.46. The van der Waals surface area contributed by atoms with Crippen LogP contribution in [0.25, 0.3) is 0 Å². The van der Waals surface area contributed by atoms with Crippen LogP contribution in [0.15, 0.2) is 42.1 Å². The third kappa shape index (κ3) is 3.22. The molecule has 0 spiro atoms. The molecule has 0 radical (unpaired) electrons. The number of allylic oxidation sites excluding steroid dienone is 1. The molecule has 0 aliphatic carbocycles. The fourth-order valence-electron chi connectivity index (χ4n) is 2.14. The summed E-state index contributed by atoms with van der Waals surface area (Å²) >= 11 is 0. The van der Waals surface area contributed by atoms with Crippen molar-refractivity contribution in [2.24, 2.45) is 0 Å². The summed E-state index contributed by atoms with van der Waals surface area (Å²) in [6, 6.07) is 9.09. The minimum absolute atomic E-state index is 0.0614. The molecule has 1 fully saturated rings. The average Bonchev–Trinajstić information content (AvgIpc) is 2.87. The van der Waals surface area contributed by atoms with Gasteiger partial charge in [-0.05, 0) is 31.9 Å². The average molecular weight is 259 g/mol. The normalized spacial score (nSPS) is 16.7. The van der Waals surface area contributed by atoms with Crippen molar-refractivity contribution in [2.45, 2.75) is 19.8 Å². The van der Waals surface area contributed by atoms with Gasteiger partial charge in [-0.15, -0.1) is 0 Å². The molecule has 0 N–H and O–H groups in total. The minimum atomic E-state index is -0.384. The van der Waals surface area contributed by atoms with E-state index in [1.807, 2.05) is 18.2 Å². The fourth-order valence-corrected chi connectivity index (χ4v) is 2.14.